The summed E-state index contributed by atoms with van der Waals surface area (Å²) in [6.07, 6.45) is 4.84. The molecule has 8 heteroatoms. The second-order valence-corrected chi connectivity index (χ2v) is 9.97. The number of rotatable bonds is 9. The number of carbonyl (C=O) groups excluding carboxylic acids is 3. The molecule has 0 aromatic heterocycles. The maximum Gasteiger partial charge on any atom is 0.377 e. The number of ether oxygens (including phenoxy) is 3. The van der Waals surface area contributed by atoms with Gasteiger partial charge in [0.2, 0.25) is 0 Å². The Kier molecular flexibility index (Phi) is 6.44. The van der Waals surface area contributed by atoms with Gasteiger partial charge in [-0.2, -0.15) is 8.78 Å². The second-order valence-electron chi connectivity index (χ2n) is 9.97. The molecule has 4 fully saturated rings. The van der Waals surface area contributed by atoms with Crippen LogP contribution < -0.4 is 0 Å². The molecule has 0 spiro atoms. The molecule has 0 heterocycles. The Morgan fingerprint density at radius 3 is 1.83 bits per heavy atom. The van der Waals surface area contributed by atoms with E-state index in [9.17, 15) is 23.2 Å². The first kappa shape index (κ1) is 22.9. The summed E-state index contributed by atoms with van der Waals surface area (Å²) < 4.78 is 43.4. The molecule has 0 saturated heterocycles. The summed E-state index contributed by atoms with van der Waals surface area (Å²) in [7, 11) is 0. The van der Waals surface area contributed by atoms with Crippen molar-refractivity contribution in [2.24, 2.45) is 23.2 Å². The number of hydrogen-bond acceptors (Lipinski definition) is 6. The fraction of sp³-hybridized carbons (Fsp3) is 0.864. The number of carbonyl (C=O) groups is 3. The van der Waals surface area contributed by atoms with E-state index in [0.717, 1.165) is 38.5 Å². The van der Waals surface area contributed by atoms with Crippen LogP contribution in [0.3, 0.4) is 0 Å². The van der Waals surface area contributed by atoms with Crippen LogP contribution in [-0.4, -0.2) is 42.6 Å². The van der Waals surface area contributed by atoms with Gasteiger partial charge in [-0.3, -0.25) is 9.59 Å². The third-order valence-corrected chi connectivity index (χ3v) is 6.96. The average Bonchev–Trinajstić information content (AvgIpc) is 2.62. The van der Waals surface area contributed by atoms with E-state index in [1.54, 1.807) is 13.8 Å². The molecular formula is C22H32F2O6. The Labute approximate surface area is 176 Å². The van der Waals surface area contributed by atoms with Crippen molar-refractivity contribution in [2.45, 2.75) is 83.7 Å². The molecular weight excluding hydrogens is 398 g/mol. The lowest BCUT2D eigenvalue weighted by molar-refractivity contribution is -0.198. The van der Waals surface area contributed by atoms with E-state index in [1.807, 2.05) is 6.92 Å². The van der Waals surface area contributed by atoms with E-state index in [-0.39, 0.29) is 6.61 Å². The Bertz CT molecular complexity index is 652. The van der Waals surface area contributed by atoms with Crippen molar-refractivity contribution in [1.82, 2.24) is 0 Å². The van der Waals surface area contributed by atoms with Gasteiger partial charge in [-0.1, -0.05) is 6.92 Å². The Balaban J connectivity index is 1.43. The first-order valence-electron chi connectivity index (χ1n) is 10.9. The van der Waals surface area contributed by atoms with Crippen molar-refractivity contribution >= 4 is 17.9 Å². The van der Waals surface area contributed by atoms with Gasteiger partial charge < -0.3 is 14.2 Å². The van der Waals surface area contributed by atoms with E-state index in [0.29, 0.717) is 24.2 Å². The van der Waals surface area contributed by atoms with Gasteiger partial charge in [-0.15, -0.1) is 0 Å². The van der Waals surface area contributed by atoms with Crippen LogP contribution in [0.15, 0.2) is 0 Å². The highest BCUT2D eigenvalue weighted by Gasteiger charge is 2.54. The monoisotopic (exact) mass is 430 g/mol. The Hall–Kier alpha value is -1.73. The lowest BCUT2D eigenvalue weighted by atomic mass is 9.54. The molecule has 0 N–H and O–H groups in total. The van der Waals surface area contributed by atoms with Crippen LogP contribution in [0, 0.1) is 23.2 Å². The van der Waals surface area contributed by atoms with Crippen molar-refractivity contribution in [2.75, 3.05) is 13.2 Å². The molecule has 170 valence electrons. The zero-order valence-corrected chi connectivity index (χ0v) is 18.0. The smallest absolute Gasteiger partial charge is 0.377 e. The van der Waals surface area contributed by atoms with Gasteiger partial charge in [-0.05, 0) is 76.5 Å². The van der Waals surface area contributed by atoms with E-state index in [4.69, 9.17) is 9.47 Å². The number of hydrogen-bond donors (Lipinski definition) is 0. The molecule has 30 heavy (non-hydrogen) atoms. The van der Waals surface area contributed by atoms with Crippen LogP contribution in [0.2, 0.25) is 0 Å². The maximum atomic E-state index is 14.2. The van der Waals surface area contributed by atoms with Gasteiger partial charge in [0.25, 0.3) is 0 Å². The van der Waals surface area contributed by atoms with Crippen molar-refractivity contribution in [1.29, 1.82) is 0 Å². The summed E-state index contributed by atoms with van der Waals surface area (Å²) >= 11 is 0. The topological polar surface area (TPSA) is 78.9 Å². The fourth-order valence-corrected chi connectivity index (χ4v) is 5.40. The van der Waals surface area contributed by atoms with Gasteiger partial charge in [0.05, 0.1) is 5.41 Å². The van der Waals surface area contributed by atoms with Crippen LogP contribution in [0.5, 0.6) is 0 Å². The van der Waals surface area contributed by atoms with Crippen LogP contribution in [-0.2, 0) is 28.6 Å². The van der Waals surface area contributed by atoms with Crippen LogP contribution in [0.25, 0.3) is 0 Å². The zero-order chi connectivity index (χ0) is 22.2. The Morgan fingerprint density at radius 1 is 0.900 bits per heavy atom. The molecule has 4 rings (SSSR count). The zero-order valence-electron chi connectivity index (χ0n) is 18.0. The SMILES string of the molecule is CCC(C)(C)C(=O)OCCOC(=O)C(F)(F)CC(=O)OC12CC3CC(CC(C3)C1)C2. The van der Waals surface area contributed by atoms with Crippen LogP contribution in [0.1, 0.15) is 72.1 Å². The normalized spacial score (nSPS) is 30.1. The highest BCUT2D eigenvalue weighted by atomic mass is 19.3. The fourth-order valence-electron chi connectivity index (χ4n) is 5.40. The largest absolute Gasteiger partial charge is 0.462 e. The minimum atomic E-state index is -3.98. The number of esters is 3. The number of halogens is 2. The first-order chi connectivity index (χ1) is 13.9. The van der Waals surface area contributed by atoms with Gasteiger partial charge in [-0.25, -0.2) is 4.79 Å². The third-order valence-electron chi connectivity index (χ3n) is 6.96. The van der Waals surface area contributed by atoms with Gasteiger partial charge in [0, 0.05) is 0 Å². The minimum Gasteiger partial charge on any atom is -0.462 e. The Morgan fingerprint density at radius 2 is 1.37 bits per heavy atom. The van der Waals surface area contributed by atoms with E-state index >= 15 is 0 Å². The van der Waals surface area contributed by atoms with Crippen molar-refractivity contribution in [3.8, 4) is 0 Å². The van der Waals surface area contributed by atoms with Crippen LogP contribution in [0.4, 0.5) is 8.78 Å². The summed E-state index contributed by atoms with van der Waals surface area (Å²) in [5, 5.41) is 0. The summed E-state index contributed by atoms with van der Waals surface area (Å²) in [5.74, 6) is -5.82. The lowest BCUT2D eigenvalue weighted by Crippen LogP contribution is -2.53. The maximum absolute atomic E-state index is 14.2. The third kappa shape index (κ3) is 5.11. The first-order valence-corrected chi connectivity index (χ1v) is 10.9. The summed E-state index contributed by atoms with van der Waals surface area (Å²) in [6, 6.07) is 0. The summed E-state index contributed by atoms with van der Waals surface area (Å²) in [5.41, 5.74) is -1.33. The van der Waals surface area contributed by atoms with Gasteiger partial charge in [0.1, 0.15) is 25.2 Å². The van der Waals surface area contributed by atoms with E-state index in [1.165, 1.54) is 0 Å². The van der Waals surface area contributed by atoms with Crippen molar-refractivity contribution in [3.63, 3.8) is 0 Å². The molecule has 4 saturated carbocycles. The molecule has 4 aliphatic rings. The quantitative estimate of drug-likeness (QED) is 0.312. The van der Waals surface area contributed by atoms with E-state index in [2.05, 4.69) is 4.74 Å². The predicted octanol–water partition coefficient (Wildman–Crippen LogP) is 4.05. The standard InChI is InChI=1S/C22H32F2O6/c1-4-20(2,3)18(26)28-5-6-29-19(27)22(23,24)13-17(25)30-21-10-14-7-15(11-21)9-16(8-14)12-21/h14-16H,4-13H2,1-3H3. The summed E-state index contributed by atoms with van der Waals surface area (Å²) in [4.78, 5) is 35.8. The molecule has 0 atom stereocenters. The predicted molar refractivity (Wildman–Crippen MR) is 103 cm³/mol. The van der Waals surface area contributed by atoms with Gasteiger partial charge >= 0.3 is 23.8 Å². The van der Waals surface area contributed by atoms with E-state index < -0.39 is 47.9 Å². The molecule has 6 nitrogen and oxygen atoms in total. The molecule has 0 aliphatic heterocycles. The lowest BCUT2D eigenvalue weighted by Gasteiger charge is -2.55. The van der Waals surface area contributed by atoms with Gasteiger partial charge in [0.15, 0.2) is 0 Å². The molecule has 0 radical (unpaired) electrons. The molecule has 0 aromatic carbocycles. The summed E-state index contributed by atoms with van der Waals surface area (Å²) in [6.45, 7) is 4.41. The molecule has 0 aromatic rings. The molecule has 4 bridgehead atoms. The second kappa shape index (κ2) is 8.42. The van der Waals surface area contributed by atoms with Crippen molar-refractivity contribution < 1.29 is 37.4 Å². The highest BCUT2D eigenvalue weighted by Crippen LogP contribution is 2.57. The minimum absolute atomic E-state index is 0.318. The molecule has 4 aliphatic carbocycles. The van der Waals surface area contributed by atoms with Crippen molar-refractivity contribution in [3.05, 3.63) is 0 Å². The molecule has 0 amide bonds. The average molecular weight is 430 g/mol. The highest BCUT2D eigenvalue weighted by molar-refractivity contribution is 5.84. The van der Waals surface area contributed by atoms with Crippen LogP contribution >= 0.6 is 0 Å². The molecule has 0 unspecified atom stereocenters. The number of alkyl halides is 2.